The lowest BCUT2D eigenvalue weighted by Crippen LogP contribution is -2.10. The lowest BCUT2D eigenvalue weighted by atomic mass is 10.1. The Hall–Kier alpha value is -1.91. The monoisotopic (exact) mass is 230 g/mol. The molecule has 0 aliphatic carbocycles. The summed E-state index contributed by atoms with van der Waals surface area (Å²) in [4.78, 5) is 4.36. The lowest BCUT2D eigenvalue weighted by Gasteiger charge is -2.11. The van der Waals surface area contributed by atoms with Crippen molar-refractivity contribution < 1.29 is 10.3 Å². The summed E-state index contributed by atoms with van der Waals surface area (Å²) in [6.07, 6.45) is -0.547. The van der Waals surface area contributed by atoms with Gasteiger partial charge in [-0.15, -0.1) is 0 Å². The van der Waals surface area contributed by atoms with E-state index in [9.17, 15) is 5.11 Å². The Morgan fingerprint density at radius 1 is 1.29 bits per heavy atom. The Morgan fingerprint density at radius 2 is 2.06 bits per heavy atom. The van der Waals surface area contributed by atoms with Gasteiger partial charge in [0.25, 0.3) is 0 Å². The number of aliphatic hydroxyl groups excluding tert-OH is 1. The smallest absolute Gasteiger partial charge is 0.101 e. The molecular formula is C13H14N2O2. The number of benzene rings is 1. The predicted molar refractivity (Wildman–Crippen MR) is 65.4 cm³/mol. The summed E-state index contributed by atoms with van der Waals surface area (Å²) in [6.45, 7) is 3.55. The predicted octanol–water partition coefficient (Wildman–Crippen LogP) is 2.15. The van der Waals surface area contributed by atoms with Crippen LogP contribution in [0.15, 0.2) is 48.7 Å². The number of aromatic nitrogens is 1. The molecule has 4 nitrogen and oxygen atoms in total. The molecule has 1 atom stereocenters. The Morgan fingerprint density at radius 3 is 2.82 bits per heavy atom. The number of hydrogen-bond acceptors (Lipinski definition) is 4. The van der Waals surface area contributed by atoms with Crippen molar-refractivity contribution in [3.8, 4) is 0 Å². The zero-order valence-corrected chi connectivity index (χ0v) is 9.30. The van der Waals surface area contributed by atoms with Crippen molar-refractivity contribution in [3.63, 3.8) is 0 Å². The van der Waals surface area contributed by atoms with E-state index in [-0.39, 0.29) is 6.42 Å². The molecule has 2 aromatic rings. The Kier molecular flexibility index (Phi) is 3.37. The van der Waals surface area contributed by atoms with Crippen LogP contribution in [0.3, 0.4) is 0 Å². The first-order valence-electron chi connectivity index (χ1n) is 5.32. The Bertz CT molecular complexity index is 540. The Balaban J connectivity index is 2.26. The van der Waals surface area contributed by atoms with Crippen molar-refractivity contribution in [2.24, 2.45) is 0 Å². The Labute approximate surface area is 99.2 Å². The number of rotatable bonds is 4. The van der Waals surface area contributed by atoms with Gasteiger partial charge in [-0.05, 0) is 12.1 Å². The summed E-state index contributed by atoms with van der Waals surface area (Å²) >= 11 is 0. The van der Waals surface area contributed by atoms with Gasteiger partial charge in [-0.3, -0.25) is 15.7 Å². The molecule has 4 heteroatoms. The number of aliphatic hydroxyl groups is 1. The third-order valence-electron chi connectivity index (χ3n) is 2.56. The lowest BCUT2D eigenvalue weighted by molar-refractivity contribution is 0.145. The van der Waals surface area contributed by atoms with Gasteiger partial charge in [0.2, 0.25) is 0 Å². The first kappa shape index (κ1) is 11.6. The fourth-order valence-corrected chi connectivity index (χ4v) is 1.65. The SMILES string of the molecule is C=C(CC(O)c1ccc2ccccc2n1)NO. The molecule has 3 N–H and O–H groups in total. The minimum atomic E-state index is -0.772. The molecule has 0 saturated carbocycles. The molecule has 2 rings (SSSR count). The summed E-state index contributed by atoms with van der Waals surface area (Å²) in [6, 6.07) is 11.4. The topological polar surface area (TPSA) is 65.4 Å². The van der Waals surface area contributed by atoms with Gasteiger partial charge in [0.15, 0.2) is 0 Å². The second kappa shape index (κ2) is 4.95. The largest absolute Gasteiger partial charge is 0.386 e. The van der Waals surface area contributed by atoms with E-state index in [4.69, 9.17) is 5.21 Å². The zero-order valence-electron chi connectivity index (χ0n) is 9.30. The summed E-state index contributed by atoms with van der Waals surface area (Å²) in [5, 5.41) is 19.6. The van der Waals surface area contributed by atoms with Crippen LogP contribution in [0.4, 0.5) is 0 Å². The molecule has 0 aliphatic rings. The molecule has 0 aliphatic heterocycles. The fourth-order valence-electron chi connectivity index (χ4n) is 1.65. The molecule has 0 amide bonds. The molecule has 1 aromatic heterocycles. The molecule has 0 radical (unpaired) electrons. The summed E-state index contributed by atoms with van der Waals surface area (Å²) in [5.74, 6) is 0. The number of pyridine rings is 1. The maximum Gasteiger partial charge on any atom is 0.101 e. The highest BCUT2D eigenvalue weighted by atomic mass is 16.5. The van der Waals surface area contributed by atoms with Gasteiger partial charge in [-0.25, -0.2) is 0 Å². The molecule has 88 valence electrons. The number of nitrogens with one attached hydrogen (secondary N) is 1. The highest BCUT2D eigenvalue weighted by molar-refractivity contribution is 5.78. The molecule has 1 unspecified atom stereocenters. The van der Waals surface area contributed by atoms with Gasteiger partial charge in [0.05, 0.1) is 11.2 Å². The van der Waals surface area contributed by atoms with E-state index in [0.29, 0.717) is 11.4 Å². The fraction of sp³-hybridized carbons (Fsp3) is 0.154. The molecule has 0 bridgehead atoms. The minimum absolute atomic E-state index is 0.224. The second-order valence-electron chi connectivity index (χ2n) is 3.86. The van der Waals surface area contributed by atoms with E-state index in [0.717, 1.165) is 10.9 Å². The minimum Gasteiger partial charge on any atom is -0.386 e. The van der Waals surface area contributed by atoms with Crippen molar-refractivity contribution in [3.05, 3.63) is 54.4 Å². The van der Waals surface area contributed by atoms with Crippen LogP contribution in [0.5, 0.6) is 0 Å². The van der Waals surface area contributed by atoms with Gasteiger partial charge in [0, 0.05) is 17.5 Å². The van der Waals surface area contributed by atoms with Crippen LogP contribution < -0.4 is 5.48 Å². The van der Waals surface area contributed by atoms with Crippen molar-refractivity contribution in [2.45, 2.75) is 12.5 Å². The first-order valence-corrected chi connectivity index (χ1v) is 5.32. The summed E-state index contributed by atoms with van der Waals surface area (Å²) < 4.78 is 0. The van der Waals surface area contributed by atoms with Crippen LogP contribution in [0.25, 0.3) is 10.9 Å². The molecule has 1 aromatic carbocycles. The van der Waals surface area contributed by atoms with E-state index in [1.165, 1.54) is 0 Å². The van der Waals surface area contributed by atoms with Gasteiger partial charge in [-0.2, -0.15) is 0 Å². The maximum absolute atomic E-state index is 9.91. The van der Waals surface area contributed by atoms with Crippen LogP contribution >= 0.6 is 0 Å². The van der Waals surface area contributed by atoms with Crippen molar-refractivity contribution in [2.75, 3.05) is 0 Å². The number of nitrogens with zero attached hydrogens (tertiary/aromatic N) is 1. The van der Waals surface area contributed by atoms with Crippen molar-refractivity contribution >= 4 is 10.9 Å². The van der Waals surface area contributed by atoms with Crippen LogP contribution in [-0.4, -0.2) is 15.3 Å². The van der Waals surface area contributed by atoms with E-state index in [1.54, 1.807) is 6.07 Å². The normalized spacial score (nSPS) is 12.4. The number of hydroxylamine groups is 1. The quantitative estimate of drug-likeness (QED) is 0.704. The van der Waals surface area contributed by atoms with E-state index >= 15 is 0 Å². The van der Waals surface area contributed by atoms with E-state index in [1.807, 2.05) is 35.8 Å². The van der Waals surface area contributed by atoms with Crippen LogP contribution in [0.1, 0.15) is 18.2 Å². The number of hydrogen-bond donors (Lipinski definition) is 3. The number of fused-ring (bicyclic) bond motifs is 1. The van der Waals surface area contributed by atoms with E-state index < -0.39 is 6.10 Å². The molecule has 0 spiro atoms. The average Bonchev–Trinajstić information content (AvgIpc) is 2.38. The molecule has 1 heterocycles. The third-order valence-corrected chi connectivity index (χ3v) is 2.56. The van der Waals surface area contributed by atoms with Crippen LogP contribution in [0, 0.1) is 0 Å². The average molecular weight is 230 g/mol. The second-order valence-corrected chi connectivity index (χ2v) is 3.86. The first-order chi connectivity index (χ1) is 8.20. The highest BCUT2D eigenvalue weighted by Crippen LogP contribution is 2.20. The van der Waals surface area contributed by atoms with Crippen LogP contribution in [-0.2, 0) is 0 Å². The summed E-state index contributed by atoms with van der Waals surface area (Å²) in [7, 11) is 0. The highest BCUT2D eigenvalue weighted by Gasteiger charge is 2.11. The maximum atomic E-state index is 9.91. The zero-order chi connectivity index (χ0) is 12.3. The van der Waals surface area contributed by atoms with Crippen molar-refractivity contribution in [1.82, 2.24) is 10.5 Å². The number of para-hydroxylation sites is 1. The van der Waals surface area contributed by atoms with Gasteiger partial charge in [-0.1, -0.05) is 30.8 Å². The molecule has 0 fully saturated rings. The molecule has 17 heavy (non-hydrogen) atoms. The summed E-state index contributed by atoms with van der Waals surface area (Å²) in [5.41, 5.74) is 3.68. The molecular weight excluding hydrogens is 216 g/mol. The third kappa shape index (κ3) is 2.61. The van der Waals surface area contributed by atoms with Crippen molar-refractivity contribution in [1.29, 1.82) is 0 Å². The van der Waals surface area contributed by atoms with Crippen LogP contribution in [0.2, 0.25) is 0 Å². The van der Waals surface area contributed by atoms with Gasteiger partial charge < -0.3 is 5.11 Å². The van der Waals surface area contributed by atoms with Gasteiger partial charge in [0.1, 0.15) is 6.10 Å². The molecule has 0 saturated heterocycles. The van der Waals surface area contributed by atoms with Gasteiger partial charge >= 0.3 is 0 Å². The van der Waals surface area contributed by atoms with E-state index in [2.05, 4.69) is 11.6 Å². The standard InChI is InChI=1S/C13H14N2O2/c1-9(15-17)8-13(16)12-7-6-10-4-2-3-5-11(10)14-12/h2-7,13,15-17H,1,8H2.